The fourth-order valence-corrected chi connectivity index (χ4v) is 3.39. The van der Waals surface area contributed by atoms with Gasteiger partial charge < -0.3 is 26.0 Å². The zero-order chi connectivity index (χ0) is 21.7. The summed E-state index contributed by atoms with van der Waals surface area (Å²) in [6, 6.07) is 4.74. The number of nitrogens with one attached hydrogen (secondary N) is 1. The molecule has 0 bridgehead atoms. The fourth-order valence-electron chi connectivity index (χ4n) is 3.39. The van der Waals surface area contributed by atoms with Gasteiger partial charge in [0.05, 0.1) is 25.4 Å². The average Bonchev–Trinajstić information content (AvgIpc) is 3.11. The maximum atomic E-state index is 11.2. The summed E-state index contributed by atoms with van der Waals surface area (Å²) >= 11 is 0. The number of fused-ring (bicyclic) bond motifs is 1. The molecule has 30 heavy (non-hydrogen) atoms. The van der Waals surface area contributed by atoms with Gasteiger partial charge in [0.25, 0.3) is 0 Å². The van der Waals surface area contributed by atoms with Crippen molar-refractivity contribution in [3.8, 4) is 5.75 Å². The van der Waals surface area contributed by atoms with E-state index in [0.29, 0.717) is 35.6 Å². The molecule has 3 aromatic rings. The maximum Gasteiger partial charge on any atom is 0.335 e. The molecule has 160 valence electrons. The quantitative estimate of drug-likeness (QED) is 0.391. The third-order valence-corrected chi connectivity index (χ3v) is 4.82. The van der Waals surface area contributed by atoms with Crippen molar-refractivity contribution < 1.29 is 19.7 Å². The number of aromatic nitrogens is 4. The van der Waals surface area contributed by atoms with E-state index in [1.165, 1.54) is 19.2 Å². The van der Waals surface area contributed by atoms with Gasteiger partial charge >= 0.3 is 5.97 Å². The van der Waals surface area contributed by atoms with Crippen molar-refractivity contribution >= 4 is 28.8 Å². The number of carboxylic acid groups (broad SMARTS) is 1. The molecule has 1 atom stereocenters. The summed E-state index contributed by atoms with van der Waals surface area (Å²) in [4.78, 5) is 19.9. The van der Waals surface area contributed by atoms with E-state index in [4.69, 9.17) is 10.5 Å². The van der Waals surface area contributed by atoms with E-state index in [2.05, 4.69) is 27.3 Å². The number of nitrogens with zero attached hydrogens (tertiary/aromatic N) is 4. The number of aliphatic hydroxyl groups excluding tert-OH is 1. The van der Waals surface area contributed by atoms with Gasteiger partial charge in [-0.25, -0.2) is 9.78 Å². The summed E-state index contributed by atoms with van der Waals surface area (Å²) in [5, 5.41) is 26.4. The Morgan fingerprint density at radius 3 is 2.80 bits per heavy atom. The van der Waals surface area contributed by atoms with Crippen LogP contribution in [-0.2, 0) is 6.54 Å². The normalized spacial score (nSPS) is 12.1. The SMILES string of the molecule is CCC[C@@H](CCO)Nc1nc(N)nc2cnn(Cc3ccc(C(=O)O)cc3OC)c12. The molecule has 3 rings (SSSR count). The molecule has 0 radical (unpaired) electrons. The minimum Gasteiger partial charge on any atom is -0.496 e. The molecular weight excluding hydrogens is 388 g/mol. The van der Waals surface area contributed by atoms with Crippen LogP contribution in [0.25, 0.3) is 11.0 Å². The third kappa shape index (κ3) is 4.60. The first kappa shape index (κ1) is 21.3. The van der Waals surface area contributed by atoms with E-state index in [-0.39, 0.29) is 24.2 Å². The van der Waals surface area contributed by atoms with Crippen LogP contribution in [-0.4, -0.2) is 55.7 Å². The Morgan fingerprint density at radius 1 is 1.33 bits per heavy atom. The fraction of sp³-hybridized carbons (Fsp3) is 0.400. The third-order valence-electron chi connectivity index (χ3n) is 4.82. The standard InChI is InChI=1S/C20H26N6O4/c1-3-4-14(7-8-27)23-18-17-15(24-20(21)25-18)10-22-26(17)11-13-6-5-12(19(28)29)9-16(13)30-2/h5-6,9-10,14,27H,3-4,7-8,11H2,1-2H3,(H,28,29)(H3,21,23,24,25)/t14-/m0/s1. The van der Waals surface area contributed by atoms with Gasteiger partial charge in [0.2, 0.25) is 5.95 Å². The van der Waals surface area contributed by atoms with Crippen molar-refractivity contribution in [2.45, 2.75) is 38.8 Å². The van der Waals surface area contributed by atoms with Crippen LogP contribution in [0.2, 0.25) is 0 Å². The van der Waals surface area contributed by atoms with Crippen molar-refractivity contribution in [1.29, 1.82) is 0 Å². The Morgan fingerprint density at radius 2 is 2.13 bits per heavy atom. The van der Waals surface area contributed by atoms with Gasteiger partial charge in [-0.2, -0.15) is 10.1 Å². The highest BCUT2D eigenvalue weighted by Crippen LogP contribution is 2.27. The molecule has 0 aliphatic rings. The van der Waals surface area contributed by atoms with Crippen LogP contribution < -0.4 is 15.8 Å². The number of nitrogens with two attached hydrogens (primary N) is 1. The molecular formula is C20H26N6O4. The average molecular weight is 414 g/mol. The zero-order valence-electron chi connectivity index (χ0n) is 17.0. The Bertz CT molecular complexity index is 1030. The van der Waals surface area contributed by atoms with E-state index >= 15 is 0 Å². The summed E-state index contributed by atoms with van der Waals surface area (Å²) in [5.74, 6) is 0.106. The minimum atomic E-state index is -1.02. The number of anilines is 2. The van der Waals surface area contributed by atoms with Crippen molar-refractivity contribution in [3.05, 3.63) is 35.5 Å². The number of aliphatic hydroxyl groups is 1. The number of carbonyl (C=O) groups is 1. The molecule has 0 aliphatic carbocycles. The predicted octanol–water partition coefficient (Wildman–Crippen LogP) is 2.13. The van der Waals surface area contributed by atoms with E-state index in [1.54, 1.807) is 16.9 Å². The van der Waals surface area contributed by atoms with E-state index in [1.807, 2.05) is 0 Å². The Labute approximate surface area is 173 Å². The van der Waals surface area contributed by atoms with Gasteiger partial charge in [-0.1, -0.05) is 19.4 Å². The molecule has 0 unspecified atom stereocenters. The van der Waals surface area contributed by atoms with Crippen molar-refractivity contribution in [1.82, 2.24) is 19.7 Å². The molecule has 10 heteroatoms. The topological polar surface area (TPSA) is 148 Å². The van der Waals surface area contributed by atoms with Crippen LogP contribution in [0.4, 0.5) is 11.8 Å². The van der Waals surface area contributed by atoms with Crippen LogP contribution in [0, 0.1) is 0 Å². The Kier molecular flexibility index (Phi) is 6.68. The first-order chi connectivity index (χ1) is 14.5. The monoisotopic (exact) mass is 414 g/mol. The molecule has 0 fully saturated rings. The largest absolute Gasteiger partial charge is 0.496 e. The van der Waals surface area contributed by atoms with Crippen molar-refractivity contribution in [2.75, 3.05) is 24.8 Å². The first-order valence-electron chi connectivity index (χ1n) is 9.73. The lowest BCUT2D eigenvalue weighted by Gasteiger charge is -2.19. The van der Waals surface area contributed by atoms with Crippen LogP contribution in [0.3, 0.4) is 0 Å². The molecule has 5 N–H and O–H groups in total. The summed E-state index contributed by atoms with van der Waals surface area (Å²) in [7, 11) is 1.49. The van der Waals surface area contributed by atoms with Crippen molar-refractivity contribution in [3.63, 3.8) is 0 Å². The van der Waals surface area contributed by atoms with Crippen LogP contribution >= 0.6 is 0 Å². The lowest BCUT2D eigenvalue weighted by Crippen LogP contribution is -2.22. The first-order valence-corrected chi connectivity index (χ1v) is 9.73. The number of methoxy groups -OCH3 is 1. The number of hydrogen-bond donors (Lipinski definition) is 4. The lowest BCUT2D eigenvalue weighted by molar-refractivity contribution is 0.0696. The summed E-state index contributed by atoms with van der Waals surface area (Å²) in [6.07, 6.45) is 4.01. The van der Waals surface area contributed by atoms with Gasteiger partial charge in [-0.05, 0) is 25.0 Å². The molecule has 0 aliphatic heterocycles. The number of rotatable bonds is 10. The van der Waals surface area contributed by atoms with E-state index < -0.39 is 5.97 Å². The van der Waals surface area contributed by atoms with Gasteiger partial charge in [0.1, 0.15) is 16.8 Å². The molecule has 2 heterocycles. The number of aromatic carboxylic acids is 1. The highest BCUT2D eigenvalue weighted by molar-refractivity contribution is 5.88. The van der Waals surface area contributed by atoms with Gasteiger partial charge in [-0.3, -0.25) is 4.68 Å². The van der Waals surface area contributed by atoms with Crippen LogP contribution in [0.15, 0.2) is 24.4 Å². The zero-order valence-corrected chi connectivity index (χ0v) is 17.0. The molecule has 0 saturated heterocycles. The highest BCUT2D eigenvalue weighted by Gasteiger charge is 2.18. The molecule has 2 aromatic heterocycles. The summed E-state index contributed by atoms with van der Waals surface area (Å²) in [5.41, 5.74) is 8.04. The second kappa shape index (κ2) is 9.40. The maximum absolute atomic E-state index is 11.2. The molecule has 0 spiro atoms. The number of benzene rings is 1. The molecule has 1 aromatic carbocycles. The Balaban J connectivity index is 2.00. The molecule has 0 amide bonds. The molecule has 10 nitrogen and oxygen atoms in total. The van der Waals surface area contributed by atoms with Crippen LogP contribution in [0.5, 0.6) is 5.75 Å². The second-order valence-electron chi connectivity index (χ2n) is 6.94. The van der Waals surface area contributed by atoms with Crippen molar-refractivity contribution in [2.24, 2.45) is 0 Å². The van der Waals surface area contributed by atoms with E-state index in [9.17, 15) is 15.0 Å². The van der Waals surface area contributed by atoms with Crippen LogP contribution in [0.1, 0.15) is 42.1 Å². The smallest absolute Gasteiger partial charge is 0.335 e. The van der Waals surface area contributed by atoms with Gasteiger partial charge in [0.15, 0.2) is 5.82 Å². The Hall–Kier alpha value is -3.40. The van der Waals surface area contributed by atoms with Gasteiger partial charge in [-0.15, -0.1) is 0 Å². The van der Waals surface area contributed by atoms with E-state index in [0.717, 1.165) is 18.4 Å². The summed E-state index contributed by atoms with van der Waals surface area (Å²) < 4.78 is 7.10. The number of carboxylic acids is 1. The predicted molar refractivity (Wildman–Crippen MR) is 113 cm³/mol. The second-order valence-corrected chi connectivity index (χ2v) is 6.94. The highest BCUT2D eigenvalue weighted by atomic mass is 16.5. The number of ether oxygens (including phenoxy) is 1. The summed E-state index contributed by atoms with van der Waals surface area (Å²) in [6.45, 7) is 2.47. The lowest BCUT2D eigenvalue weighted by atomic mass is 10.1. The van der Waals surface area contributed by atoms with Gasteiger partial charge in [0, 0.05) is 18.2 Å². The minimum absolute atomic E-state index is 0.0326. The number of nitrogen functional groups attached to an aromatic ring is 1. The molecule has 0 saturated carbocycles. The number of hydrogen-bond acceptors (Lipinski definition) is 8.